The van der Waals surface area contributed by atoms with Crippen LogP contribution in [0.25, 0.3) is 0 Å². The third kappa shape index (κ3) is 3.18. The molecule has 0 spiro atoms. The van der Waals surface area contributed by atoms with Crippen molar-refractivity contribution in [2.75, 3.05) is 16.2 Å². The highest BCUT2D eigenvalue weighted by Crippen LogP contribution is 2.31. The van der Waals surface area contributed by atoms with Crippen molar-refractivity contribution >= 4 is 43.2 Å². The maximum absolute atomic E-state index is 12.6. The number of fused-ring (bicyclic) bond motifs is 1. The van der Waals surface area contributed by atoms with Crippen LogP contribution in [0.4, 0.5) is 11.4 Å². The van der Waals surface area contributed by atoms with E-state index in [1.54, 1.807) is 35.2 Å². The van der Waals surface area contributed by atoms with Gasteiger partial charge in [0.2, 0.25) is 5.91 Å². The lowest BCUT2D eigenvalue weighted by molar-refractivity contribution is -0.116. The average Bonchev–Trinajstić information content (AvgIpc) is 2.94. The topological polar surface area (TPSA) is 66.5 Å². The van der Waals surface area contributed by atoms with E-state index in [0.29, 0.717) is 18.7 Å². The molecule has 5 nitrogen and oxygen atoms in total. The van der Waals surface area contributed by atoms with E-state index in [0.717, 1.165) is 21.3 Å². The molecule has 1 heterocycles. The molecule has 0 unspecified atom stereocenters. The second kappa shape index (κ2) is 6.22. The summed E-state index contributed by atoms with van der Waals surface area (Å²) in [7, 11) is -3.67. The van der Waals surface area contributed by atoms with E-state index < -0.39 is 10.0 Å². The van der Waals surface area contributed by atoms with E-state index in [-0.39, 0.29) is 10.8 Å². The summed E-state index contributed by atoms with van der Waals surface area (Å²) in [5.74, 6) is -0.0344. The largest absolute Gasteiger partial charge is 0.312 e. The van der Waals surface area contributed by atoms with Crippen molar-refractivity contribution < 1.29 is 13.2 Å². The van der Waals surface area contributed by atoms with Crippen LogP contribution in [-0.2, 0) is 21.2 Å². The first kappa shape index (κ1) is 17.0. The molecule has 3 rings (SSSR count). The molecular formula is C17H17BrN2O3S. The van der Waals surface area contributed by atoms with Crippen molar-refractivity contribution in [3.63, 3.8) is 0 Å². The highest BCUT2D eigenvalue weighted by atomic mass is 79.9. The van der Waals surface area contributed by atoms with Gasteiger partial charge in [0.25, 0.3) is 10.0 Å². The van der Waals surface area contributed by atoms with Crippen LogP contribution in [0.3, 0.4) is 0 Å². The highest BCUT2D eigenvalue weighted by Gasteiger charge is 2.24. The number of sulfonamides is 1. The van der Waals surface area contributed by atoms with Gasteiger partial charge in [-0.05, 0) is 60.9 Å². The summed E-state index contributed by atoms with van der Waals surface area (Å²) in [6.07, 6.45) is 0.662. The molecule has 0 atom stereocenters. The molecule has 0 saturated carbocycles. The number of halogens is 1. The van der Waals surface area contributed by atoms with Crippen molar-refractivity contribution in [2.45, 2.75) is 25.2 Å². The number of hydrogen-bond acceptors (Lipinski definition) is 3. The maximum atomic E-state index is 12.6. The van der Waals surface area contributed by atoms with Gasteiger partial charge < -0.3 is 4.90 Å². The maximum Gasteiger partial charge on any atom is 0.261 e. The summed E-state index contributed by atoms with van der Waals surface area (Å²) in [5.41, 5.74) is 3.13. The van der Waals surface area contributed by atoms with Gasteiger partial charge in [0.1, 0.15) is 0 Å². The summed E-state index contributed by atoms with van der Waals surface area (Å²) >= 11 is 3.40. The van der Waals surface area contributed by atoms with E-state index >= 15 is 0 Å². The van der Waals surface area contributed by atoms with E-state index in [1.807, 2.05) is 6.92 Å². The first-order valence-electron chi connectivity index (χ1n) is 7.48. The molecule has 0 radical (unpaired) electrons. The van der Waals surface area contributed by atoms with Gasteiger partial charge >= 0.3 is 0 Å². The zero-order chi connectivity index (χ0) is 17.5. The Kier molecular flexibility index (Phi) is 4.40. The number of rotatable bonds is 3. The molecule has 126 valence electrons. The van der Waals surface area contributed by atoms with Gasteiger partial charge in [0, 0.05) is 29.3 Å². The van der Waals surface area contributed by atoms with Crippen LogP contribution in [0.1, 0.15) is 18.1 Å². The summed E-state index contributed by atoms with van der Waals surface area (Å²) in [6, 6.07) is 10.2. The summed E-state index contributed by atoms with van der Waals surface area (Å²) in [4.78, 5) is 13.4. The smallest absolute Gasteiger partial charge is 0.261 e. The third-order valence-electron chi connectivity index (χ3n) is 4.05. The van der Waals surface area contributed by atoms with Crippen molar-refractivity contribution in [3.8, 4) is 0 Å². The average molecular weight is 409 g/mol. The van der Waals surface area contributed by atoms with Crippen molar-refractivity contribution in [1.29, 1.82) is 0 Å². The Labute approximate surface area is 149 Å². The SMILES string of the molecule is CC(=O)N1CCc2cc(S(=O)(=O)Nc3ccc(Br)c(C)c3)ccc21. The van der Waals surface area contributed by atoms with Gasteiger partial charge in [-0.3, -0.25) is 9.52 Å². The van der Waals surface area contributed by atoms with Gasteiger partial charge in [-0.2, -0.15) is 0 Å². The van der Waals surface area contributed by atoms with Crippen LogP contribution in [0.15, 0.2) is 45.8 Å². The van der Waals surface area contributed by atoms with Crippen LogP contribution in [-0.4, -0.2) is 20.9 Å². The van der Waals surface area contributed by atoms with Gasteiger partial charge in [-0.15, -0.1) is 0 Å². The predicted molar refractivity (Wildman–Crippen MR) is 97.9 cm³/mol. The van der Waals surface area contributed by atoms with E-state index in [9.17, 15) is 13.2 Å². The highest BCUT2D eigenvalue weighted by molar-refractivity contribution is 9.10. The van der Waals surface area contributed by atoms with Gasteiger partial charge in [0.05, 0.1) is 4.90 Å². The number of nitrogens with zero attached hydrogens (tertiary/aromatic N) is 1. The standard InChI is InChI=1S/C17H17BrN2O3S/c1-11-9-14(3-5-16(11)18)19-24(22,23)15-4-6-17-13(10-15)7-8-20(17)12(2)21/h3-6,9-10,19H,7-8H2,1-2H3. The molecule has 2 aromatic rings. The molecule has 0 saturated heterocycles. The summed E-state index contributed by atoms with van der Waals surface area (Å²) < 4.78 is 28.7. The van der Waals surface area contributed by atoms with Crippen molar-refractivity contribution in [1.82, 2.24) is 0 Å². The normalized spacial score (nSPS) is 13.7. The predicted octanol–water partition coefficient (Wildman–Crippen LogP) is 3.47. The fraction of sp³-hybridized carbons (Fsp3) is 0.235. The lowest BCUT2D eigenvalue weighted by Gasteiger charge is -2.15. The Morgan fingerprint density at radius 2 is 1.96 bits per heavy atom. The Hall–Kier alpha value is -1.86. The number of hydrogen-bond donors (Lipinski definition) is 1. The molecule has 0 aromatic heterocycles. The number of amides is 1. The van der Waals surface area contributed by atoms with Crippen LogP contribution in [0.2, 0.25) is 0 Å². The first-order chi connectivity index (χ1) is 11.3. The Morgan fingerprint density at radius 3 is 2.62 bits per heavy atom. The molecule has 0 fully saturated rings. The van der Waals surface area contributed by atoms with Gasteiger partial charge in [-0.25, -0.2) is 8.42 Å². The Balaban J connectivity index is 1.91. The number of carbonyl (C=O) groups excluding carboxylic acids is 1. The van der Waals surface area contributed by atoms with Crippen molar-refractivity contribution in [2.24, 2.45) is 0 Å². The van der Waals surface area contributed by atoms with Gasteiger partial charge in [0.15, 0.2) is 0 Å². The quantitative estimate of drug-likeness (QED) is 0.845. The number of aryl methyl sites for hydroxylation is 1. The minimum atomic E-state index is -3.67. The lowest BCUT2D eigenvalue weighted by Crippen LogP contribution is -2.25. The molecule has 1 aliphatic heterocycles. The second-order valence-corrected chi connectivity index (χ2v) is 8.32. The molecule has 7 heteroatoms. The first-order valence-corrected chi connectivity index (χ1v) is 9.75. The van der Waals surface area contributed by atoms with E-state index in [4.69, 9.17) is 0 Å². The molecule has 0 bridgehead atoms. The molecule has 24 heavy (non-hydrogen) atoms. The number of nitrogens with one attached hydrogen (secondary N) is 1. The molecule has 1 amide bonds. The number of anilines is 2. The third-order valence-corrected chi connectivity index (χ3v) is 6.32. The zero-order valence-corrected chi connectivity index (χ0v) is 15.7. The molecular weight excluding hydrogens is 392 g/mol. The van der Waals surface area contributed by atoms with Gasteiger partial charge in [-0.1, -0.05) is 15.9 Å². The Morgan fingerprint density at radius 1 is 1.21 bits per heavy atom. The molecule has 1 N–H and O–H groups in total. The number of benzene rings is 2. The summed E-state index contributed by atoms with van der Waals surface area (Å²) in [5, 5.41) is 0. The molecule has 1 aliphatic rings. The fourth-order valence-corrected chi connectivity index (χ4v) is 4.14. The van der Waals surface area contributed by atoms with Crippen LogP contribution in [0, 0.1) is 6.92 Å². The van der Waals surface area contributed by atoms with E-state index in [1.165, 1.54) is 13.0 Å². The molecule has 2 aromatic carbocycles. The lowest BCUT2D eigenvalue weighted by atomic mass is 10.2. The molecule has 0 aliphatic carbocycles. The zero-order valence-electron chi connectivity index (χ0n) is 13.3. The second-order valence-electron chi connectivity index (χ2n) is 5.78. The number of carbonyl (C=O) groups is 1. The van der Waals surface area contributed by atoms with Crippen LogP contribution in [0.5, 0.6) is 0 Å². The minimum Gasteiger partial charge on any atom is -0.312 e. The van der Waals surface area contributed by atoms with Crippen LogP contribution < -0.4 is 9.62 Å². The monoisotopic (exact) mass is 408 g/mol. The van der Waals surface area contributed by atoms with Crippen molar-refractivity contribution in [3.05, 3.63) is 52.0 Å². The minimum absolute atomic E-state index is 0.0344. The van der Waals surface area contributed by atoms with Crippen LogP contribution >= 0.6 is 15.9 Å². The van der Waals surface area contributed by atoms with E-state index in [2.05, 4.69) is 20.7 Å². The summed E-state index contributed by atoms with van der Waals surface area (Å²) in [6.45, 7) is 4.00. The fourth-order valence-electron chi connectivity index (χ4n) is 2.79. The Bertz CT molecular complexity index is 925.